The van der Waals surface area contributed by atoms with Gasteiger partial charge < -0.3 is 10.3 Å². The van der Waals surface area contributed by atoms with Crippen molar-refractivity contribution in [3.63, 3.8) is 0 Å². The molecule has 2 N–H and O–H groups in total. The Bertz CT molecular complexity index is 821. The molecule has 0 saturated carbocycles. The fourth-order valence-corrected chi connectivity index (χ4v) is 4.06. The minimum absolute atomic E-state index is 0.0324. The first-order chi connectivity index (χ1) is 10.8. The minimum atomic E-state index is -4.58. The predicted molar refractivity (Wildman–Crippen MR) is 87.0 cm³/mol. The summed E-state index contributed by atoms with van der Waals surface area (Å²) in [6, 6.07) is 5.58. The van der Waals surface area contributed by atoms with Crippen molar-refractivity contribution in [1.29, 1.82) is 0 Å². The van der Waals surface area contributed by atoms with Crippen molar-refractivity contribution < 1.29 is 13.2 Å². The Hall–Kier alpha value is -1.60. The molecule has 1 aliphatic heterocycles. The van der Waals surface area contributed by atoms with Gasteiger partial charge in [0.15, 0.2) is 0 Å². The number of hydrogen-bond acceptors (Lipinski definition) is 3. The molecule has 3 nitrogen and oxygen atoms in total. The van der Waals surface area contributed by atoms with Gasteiger partial charge in [-0.3, -0.25) is 4.79 Å². The van der Waals surface area contributed by atoms with E-state index in [4.69, 9.17) is 11.6 Å². The molecule has 0 radical (unpaired) electrons. The van der Waals surface area contributed by atoms with Gasteiger partial charge in [0.25, 0.3) is 5.56 Å². The predicted octanol–water partition coefficient (Wildman–Crippen LogP) is 4.30. The molecule has 23 heavy (non-hydrogen) atoms. The number of anilines is 2. The average Bonchev–Trinajstić information content (AvgIpc) is 2.47. The molecule has 1 aromatic carbocycles. The fourth-order valence-electron chi connectivity index (χ4n) is 2.98. The largest absolute Gasteiger partial charge is 0.403 e. The zero-order valence-electron chi connectivity index (χ0n) is 11.9. The number of rotatable bonds is 2. The summed E-state index contributed by atoms with van der Waals surface area (Å²) in [5, 5.41) is 3.03. The Morgan fingerprint density at radius 2 is 2.00 bits per heavy atom. The Labute approximate surface area is 139 Å². The molecule has 8 heteroatoms. The molecule has 1 unspecified atom stereocenters. The van der Waals surface area contributed by atoms with E-state index in [-0.39, 0.29) is 33.3 Å². The Kier molecular flexibility index (Phi) is 3.88. The smallest absolute Gasteiger partial charge is 0.351 e. The highest BCUT2D eigenvalue weighted by Gasteiger charge is 2.60. The number of nitrogens with one attached hydrogen (secondary N) is 2. The van der Waals surface area contributed by atoms with E-state index in [0.717, 1.165) is 11.8 Å². The monoisotopic (exact) mass is 360 g/mol. The van der Waals surface area contributed by atoms with Crippen LogP contribution in [0.3, 0.4) is 0 Å². The van der Waals surface area contributed by atoms with Crippen LogP contribution in [0.4, 0.5) is 24.5 Å². The van der Waals surface area contributed by atoms with Gasteiger partial charge in [-0.2, -0.15) is 24.9 Å². The van der Waals surface area contributed by atoms with E-state index in [0.29, 0.717) is 0 Å². The quantitative estimate of drug-likeness (QED) is 0.839. The van der Waals surface area contributed by atoms with Gasteiger partial charge in [-0.1, -0.05) is 11.6 Å². The third-order valence-electron chi connectivity index (χ3n) is 3.97. The number of benzene rings is 1. The van der Waals surface area contributed by atoms with E-state index in [1.807, 2.05) is 0 Å². The number of hydrogen-bond donors (Lipinski definition) is 2. The van der Waals surface area contributed by atoms with Crippen LogP contribution in [-0.2, 0) is 5.41 Å². The summed E-state index contributed by atoms with van der Waals surface area (Å²) in [4.78, 5) is 14.5. The molecule has 0 saturated heterocycles. The van der Waals surface area contributed by atoms with E-state index >= 15 is 0 Å². The number of thioether (sulfide) groups is 1. The van der Waals surface area contributed by atoms with Gasteiger partial charge in [0.05, 0.1) is 0 Å². The number of halogens is 4. The molecule has 0 fully saturated rings. The first-order valence-electron chi connectivity index (χ1n) is 6.66. The summed E-state index contributed by atoms with van der Waals surface area (Å²) >= 11 is 7.01. The summed E-state index contributed by atoms with van der Waals surface area (Å²) in [7, 11) is 0. The van der Waals surface area contributed by atoms with Crippen LogP contribution >= 0.6 is 23.4 Å². The highest BCUT2D eigenvalue weighted by Crippen LogP contribution is 2.54. The minimum Gasteiger partial charge on any atom is -0.351 e. The fraction of sp³-hybridized carbons (Fsp3) is 0.267. The maximum atomic E-state index is 14.2. The number of aromatic amines is 1. The molecule has 0 bridgehead atoms. The molecule has 3 rings (SSSR count). The highest BCUT2D eigenvalue weighted by molar-refractivity contribution is 7.98. The Morgan fingerprint density at radius 1 is 1.26 bits per heavy atom. The van der Waals surface area contributed by atoms with Crippen molar-refractivity contribution >= 4 is 34.7 Å². The van der Waals surface area contributed by atoms with Crippen LogP contribution < -0.4 is 10.9 Å². The van der Waals surface area contributed by atoms with Crippen molar-refractivity contribution in [3.8, 4) is 0 Å². The summed E-state index contributed by atoms with van der Waals surface area (Å²) in [5.74, 6) is -0.248. The molecule has 0 aliphatic carbocycles. The van der Waals surface area contributed by atoms with Crippen LogP contribution in [-0.4, -0.2) is 23.2 Å². The first kappa shape index (κ1) is 16.3. The van der Waals surface area contributed by atoms with Gasteiger partial charge >= 0.3 is 6.18 Å². The zero-order valence-corrected chi connectivity index (χ0v) is 13.5. The molecule has 2 aromatic rings. The van der Waals surface area contributed by atoms with E-state index in [1.54, 1.807) is 6.26 Å². The van der Waals surface area contributed by atoms with Gasteiger partial charge in [-0.05, 0) is 36.1 Å². The zero-order chi connectivity index (χ0) is 16.8. The van der Waals surface area contributed by atoms with Crippen molar-refractivity contribution in [2.24, 2.45) is 0 Å². The van der Waals surface area contributed by atoms with E-state index < -0.39 is 17.2 Å². The lowest BCUT2D eigenvalue weighted by molar-refractivity contribution is -0.171. The second kappa shape index (κ2) is 5.49. The molecular formula is C15H12ClF3N2OS. The molecule has 1 atom stereocenters. The van der Waals surface area contributed by atoms with Crippen LogP contribution in [0, 0.1) is 0 Å². The standard InChI is InChI=1S/C15H12ClF3N2OS/c1-23-7-14(15(17,18)19)9-4-5-20-13(22)12(9)21-11-3-2-8(16)6-10(11)14/h2-6,21H,7H2,1H3,(H,20,22). The molecule has 0 amide bonds. The second-order valence-electron chi connectivity index (χ2n) is 5.25. The number of fused-ring (bicyclic) bond motifs is 2. The van der Waals surface area contributed by atoms with Crippen LogP contribution in [0.5, 0.6) is 0 Å². The van der Waals surface area contributed by atoms with Crippen LogP contribution in [0.1, 0.15) is 11.1 Å². The third-order valence-corrected chi connectivity index (χ3v) is 4.92. The van der Waals surface area contributed by atoms with Gasteiger partial charge in [-0.25, -0.2) is 0 Å². The number of aromatic nitrogens is 1. The highest BCUT2D eigenvalue weighted by atomic mass is 35.5. The lowest BCUT2D eigenvalue weighted by Crippen LogP contribution is -2.49. The van der Waals surface area contributed by atoms with Gasteiger partial charge in [0.1, 0.15) is 11.1 Å². The van der Waals surface area contributed by atoms with Gasteiger partial charge in [0, 0.05) is 28.2 Å². The number of alkyl halides is 3. The summed E-state index contributed by atoms with van der Waals surface area (Å²) in [5.41, 5.74) is -2.76. The molecular weight excluding hydrogens is 349 g/mol. The number of H-pyrrole nitrogens is 1. The van der Waals surface area contributed by atoms with Crippen LogP contribution in [0.25, 0.3) is 0 Å². The van der Waals surface area contributed by atoms with Gasteiger partial charge in [0.2, 0.25) is 0 Å². The van der Waals surface area contributed by atoms with Crippen molar-refractivity contribution in [1.82, 2.24) is 4.98 Å². The second-order valence-corrected chi connectivity index (χ2v) is 6.55. The average molecular weight is 361 g/mol. The summed E-state index contributed by atoms with van der Waals surface area (Å²) in [6.45, 7) is 0. The lowest BCUT2D eigenvalue weighted by atomic mass is 9.72. The SMILES string of the molecule is CSCC1(C(F)(F)F)c2cc(Cl)ccc2Nc2c1cc[nH]c2=O. The van der Waals surface area contributed by atoms with E-state index in [1.165, 1.54) is 30.5 Å². The maximum Gasteiger partial charge on any atom is 0.403 e. The molecule has 2 heterocycles. The normalized spacial score (nSPS) is 19.7. The first-order valence-corrected chi connectivity index (χ1v) is 8.43. The summed E-state index contributed by atoms with van der Waals surface area (Å²) in [6.07, 6.45) is -1.74. The van der Waals surface area contributed by atoms with Gasteiger partial charge in [-0.15, -0.1) is 0 Å². The Morgan fingerprint density at radius 3 is 2.65 bits per heavy atom. The van der Waals surface area contributed by atoms with E-state index in [9.17, 15) is 18.0 Å². The Balaban J connectivity index is 2.44. The lowest BCUT2D eigenvalue weighted by Gasteiger charge is -2.41. The maximum absolute atomic E-state index is 14.2. The third kappa shape index (κ3) is 2.33. The van der Waals surface area contributed by atoms with Crippen molar-refractivity contribution in [2.75, 3.05) is 17.3 Å². The van der Waals surface area contributed by atoms with Crippen LogP contribution in [0.15, 0.2) is 35.3 Å². The topological polar surface area (TPSA) is 44.9 Å². The van der Waals surface area contributed by atoms with Crippen molar-refractivity contribution in [3.05, 3.63) is 57.0 Å². The molecule has 1 aliphatic rings. The number of pyridine rings is 1. The summed E-state index contributed by atoms with van der Waals surface area (Å²) < 4.78 is 42.6. The van der Waals surface area contributed by atoms with Crippen molar-refractivity contribution in [2.45, 2.75) is 11.6 Å². The molecule has 0 spiro atoms. The molecule has 1 aromatic heterocycles. The van der Waals surface area contributed by atoms with E-state index in [2.05, 4.69) is 10.3 Å². The molecule has 122 valence electrons. The van der Waals surface area contributed by atoms with Crippen LogP contribution in [0.2, 0.25) is 5.02 Å².